The highest BCUT2D eigenvalue weighted by molar-refractivity contribution is 5.43. The van der Waals surface area contributed by atoms with E-state index in [1.807, 2.05) is 12.2 Å². The van der Waals surface area contributed by atoms with Gasteiger partial charge in [0, 0.05) is 12.2 Å². The second-order valence-electron chi connectivity index (χ2n) is 5.17. The summed E-state index contributed by atoms with van der Waals surface area (Å²) in [4.78, 5) is 0. The SMILES string of the molecule is COC1=C(O)[C@@H](O)C=C2[OH+]C(c3ccc(O)c(O)c3)C=C[C@@H]21. The van der Waals surface area contributed by atoms with E-state index in [0.717, 1.165) is 0 Å². The molecule has 0 bridgehead atoms. The maximum Gasteiger partial charge on any atom is 0.244 e. The Morgan fingerprint density at radius 3 is 2.55 bits per heavy atom. The van der Waals surface area contributed by atoms with Gasteiger partial charge in [-0.25, -0.2) is 0 Å². The molecule has 22 heavy (non-hydrogen) atoms. The number of phenolic OH excluding ortho intramolecular Hbond substituents is 2. The standard InChI is InChI=1S/C16H16O6/c1-21-16-9-3-5-13(8-2-4-10(17)11(18)6-8)22-14(9)7-12(19)15(16)20/h2-7,9,12-13,17-20H,1H3/p+1/t9-,12-,13?/m0/s1. The van der Waals surface area contributed by atoms with Crippen molar-refractivity contribution in [2.24, 2.45) is 5.92 Å². The lowest BCUT2D eigenvalue weighted by Crippen LogP contribution is -2.28. The molecule has 1 aromatic carbocycles. The molecule has 1 aliphatic carbocycles. The number of phenols is 2. The molecule has 6 nitrogen and oxygen atoms in total. The second-order valence-corrected chi connectivity index (χ2v) is 5.17. The number of benzene rings is 1. The van der Waals surface area contributed by atoms with Crippen LogP contribution < -0.4 is 0 Å². The van der Waals surface area contributed by atoms with Crippen LogP contribution in [0, 0.1) is 5.92 Å². The summed E-state index contributed by atoms with van der Waals surface area (Å²) in [5, 5.41) is 38.6. The Hall–Kier alpha value is -2.60. The molecule has 0 aromatic heterocycles. The molecule has 0 amide bonds. The number of fused-ring (bicyclic) bond motifs is 1. The van der Waals surface area contributed by atoms with Crippen LogP contribution in [0.2, 0.25) is 0 Å². The molecule has 1 aliphatic heterocycles. The van der Waals surface area contributed by atoms with E-state index in [9.17, 15) is 20.4 Å². The van der Waals surface area contributed by atoms with Crippen LogP contribution in [-0.4, -0.2) is 38.4 Å². The molecule has 0 saturated heterocycles. The second kappa shape index (κ2) is 5.31. The third-order valence-electron chi connectivity index (χ3n) is 3.80. The Labute approximate surface area is 126 Å². The lowest BCUT2D eigenvalue weighted by molar-refractivity contribution is -0.0481. The summed E-state index contributed by atoms with van der Waals surface area (Å²) in [6.07, 6.45) is 3.62. The Morgan fingerprint density at radius 1 is 1.09 bits per heavy atom. The minimum atomic E-state index is -1.15. The smallest absolute Gasteiger partial charge is 0.244 e. The Kier molecular flexibility index (Phi) is 3.46. The molecule has 0 fully saturated rings. The molecule has 1 heterocycles. The van der Waals surface area contributed by atoms with Gasteiger partial charge in [0.05, 0.1) is 12.7 Å². The van der Waals surface area contributed by atoms with E-state index in [4.69, 9.17) is 4.74 Å². The van der Waals surface area contributed by atoms with Crippen molar-refractivity contribution in [2.45, 2.75) is 12.2 Å². The van der Waals surface area contributed by atoms with Crippen LogP contribution in [0.5, 0.6) is 11.5 Å². The summed E-state index contributed by atoms with van der Waals surface area (Å²) in [6, 6.07) is 4.51. The first-order valence-electron chi connectivity index (χ1n) is 6.79. The van der Waals surface area contributed by atoms with E-state index in [2.05, 4.69) is 4.74 Å². The Balaban J connectivity index is 1.93. The fourth-order valence-electron chi connectivity index (χ4n) is 2.65. The Bertz CT molecular complexity index is 688. The average molecular weight is 305 g/mol. The van der Waals surface area contributed by atoms with Crippen molar-refractivity contribution < 1.29 is 29.9 Å². The summed E-state index contributed by atoms with van der Waals surface area (Å²) in [5.74, 6) is -0.0920. The maximum atomic E-state index is 9.85. The number of ether oxygens (including phenoxy) is 2. The van der Waals surface area contributed by atoms with E-state index >= 15 is 0 Å². The van der Waals surface area contributed by atoms with E-state index in [1.165, 1.54) is 25.3 Å². The first-order chi connectivity index (χ1) is 10.5. The third kappa shape index (κ3) is 2.27. The molecule has 6 heteroatoms. The van der Waals surface area contributed by atoms with Gasteiger partial charge in [0.2, 0.25) is 11.9 Å². The summed E-state index contributed by atoms with van der Waals surface area (Å²) in [6.45, 7) is 0. The van der Waals surface area contributed by atoms with Gasteiger partial charge >= 0.3 is 0 Å². The van der Waals surface area contributed by atoms with Crippen molar-refractivity contribution in [2.75, 3.05) is 7.11 Å². The molecule has 0 saturated carbocycles. The minimum absolute atomic E-state index is 0.191. The van der Waals surface area contributed by atoms with Crippen molar-refractivity contribution >= 4 is 0 Å². The zero-order valence-electron chi connectivity index (χ0n) is 11.8. The molecular formula is C16H17O6+. The van der Waals surface area contributed by atoms with E-state index in [0.29, 0.717) is 11.3 Å². The molecule has 1 unspecified atom stereocenters. The molecule has 116 valence electrons. The van der Waals surface area contributed by atoms with Gasteiger partial charge in [-0.1, -0.05) is 6.08 Å². The highest BCUT2D eigenvalue weighted by Gasteiger charge is 2.38. The monoisotopic (exact) mass is 305 g/mol. The van der Waals surface area contributed by atoms with Gasteiger partial charge in [0.15, 0.2) is 23.0 Å². The normalized spacial score (nSPS) is 27.0. The van der Waals surface area contributed by atoms with Gasteiger partial charge < -0.3 is 29.9 Å². The number of rotatable bonds is 2. The number of hydrogen-bond acceptors (Lipinski definition) is 5. The van der Waals surface area contributed by atoms with Gasteiger partial charge in [0.1, 0.15) is 12.0 Å². The Morgan fingerprint density at radius 2 is 1.86 bits per heavy atom. The summed E-state index contributed by atoms with van der Waals surface area (Å²) in [7, 11) is 1.43. The lowest BCUT2D eigenvalue weighted by atomic mass is 9.91. The molecular weight excluding hydrogens is 288 g/mol. The van der Waals surface area contributed by atoms with Crippen LogP contribution in [0.1, 0.15) is 11.7 Å². The molecule has 1 aromatic rings. The topological polar surface area (TPSA) is 103 Å². The molecule has 2 aliphatic rings. The van der Waals surface area contributed by atoms with E-state index < -0.39 is 6.10 Å². The quantitative estimate of drug-likeness (QED) is 0.377. The average Bonchev–Trinajstić information content (AvgIpc) is 2.51. The van der Waals surface area contributed by atoms with Gasteiger partial charge in [-0.05, 0) is 18.2 Å². The van der Waals surface area contributed by atoms with Crippen molar-refractivity contribution in [3.05, 3.63) is 59.3 Å². The molecule has 0 spiro atoms. The first-order valence-corrected chi connectivity index (χ1v) is 6.79. The van der Waals surface area contributed by atoms with Gasteiger partial charge in [-0.2, -0.15) is 0 Å². The largest absolute Gasteiger partial charge is 0.577 e. The van der Waals surface area contributed by atoms with Crippen LogP contribution >= 0.6 is 0 Å². The van der Waals surface area contributed by atoms with Crippen molar-refractivity contribution in [1.29, 1.82) is 0 Å². The van der Waals surface area contributed by atoms with Gasteiger partial charge in [-0.3, -0.25) is 0 Å². The number of aliphatic hydroxyl groups is 4. The number of aliphatic hydroxyl groups excluding tert-OH is 2. The van der Waals surface area contributed by atoms with Crippen molar-refractivity contribution in [3.8, 4) is 11.5 Å². The van der Waals surface area contributed by atoms with Crippen LogP contribution in [0.25, 0.3) is 0 Å². The minimum Gasteiger partial charge on any atom is -0.577 e. The van der Waals surface area contributed by atoms with Crippen molar-refractivity contribution in [3.63, 3.8) is 0 Å². The van der Waals surface area contributed by atoms with Crippen molar-refractivity contribution in [1.82, 2.24) is 0 Å². The highest BCUT2D eigenvalue weighted by atomic mass is 16.5. The van der Waals surface area contributed by atoms with E-state index in [1.54, 1.807) is 6.07 Å². The van der Waals surface area contributed by atoms with Crippen LogP contribution in [-0.2, 0) is 4.74 Å². The summed E-state index contributed by atoms with van der Waals surface area (Å²) < 4.78 is 9.69. The highest BCUT2D eigenvalue weighted by Crippen LogP contribution is 2.39. The molecule has 3 rings (SSSR count). The summed E-state index contributed by atoms with van der Waals surface area (Å²) in [5.41, 5.74) is 0.707. The van der Waals surface area contributed by atoms with Gasteiger partial charge in [-0.15, -0.1) is 0 Å². The zero-order chi connectivity index (χ0) is 15.9. The predicted molar refractivity (Wildman–Crippen MR) is 78.1 cm³/mol. The number of methoxy groups -OCH3 is 1. The maximum absolute atomic E-state index is 9.85. The fraction of sp³-hybridized carbons (Fsp3) is 0.250. The first kappa shape index (κ1) is 14.3. The van der Waals surface area contributed by atoms with E-state index in [-0.39, 0.29) is 35.0 Å². The zero-order valence-corrected chi connectivity index (χ0v) is 11.8. The van der Waals surface area contributed by atoms with Crippen LogP contribution in [0.15, 0.2) is 53.7 Å². The predicted octanol–water partition coefficient (Wildman–Crippen LogP) is 1.53. The van der Waals surface area contributed by atoms with Crippen LogP contribution in [0.3, 0.4) is 0 Å². The lowest BCUT2D eigenvalue weighted by Gasteiger charge is -2.29. The molecule has 3 atom stereocenters. The fourth-order valence-corrected chi connectivity index (χ4v) is 2.65. The summed E-state index contributed by atoms with van der Waals surface area (Å²) >= 11 is 0. The molecule has 5 N–H and O–H groups in total. The molecule has 0 radical (unpaired) electrons. The third-order valence-corrected chi connectivity index (χ3v) is 3.80. The number of hydrogen-bond donors (Lipinski definition) is 4. The number of aromatic hydroxyl groups is 2. The van der Waals surface area contributed by atoms with Gasteiger partial charge in [0.25, 0.3) is 0 Å². The van der Waals surface area contributed by atoms with Crippen LogP contribution in [0.4, 0.5) is 0 Å².